The standard InChI is InChI=1S/C17H25NO4/c1-10-5-4-8-17(3)15(22-17)14-12(7-6-10)13(16(20)21-14)9-18-11(2)19/h5,12-15H,4,6-9H2,1-3H3,(H,18,19)/b10-5+/t12-,13-,14-,15-,17+/m0/s1. The molecule has 2 fully saturated rings. The van der Waals surface area contributed by atoms with Gasteiger partial charge in [-0.05, 0) is 39.5 Å². The van der Waals surface area contributed by atoms with Crippen LogP contribution in [-0.4, -0.2) is 36.2 Å². The Hall–Kier alpha value is -1.36. The summed E-state index contributed by atoms with van der Waals surface area (Å²) in [6, 6.07) is 0. The minimum atomic E-state index is -0.255. The number of hydrogen-bond donors (Lipinski definition) is 1. The summed E-state index contributed by atoms with van der Waals surface area (Å²) in [5.74, 6) is -0.440. The van der Waals surface area contributed by atoms with Gasteiger partial charge in [0.05, 0.1) is 11.5 Å². The molecular weight excluding hydrogens is 282 g/mol. The fraction of sp³-hybridized carbons (Fsp3) is 0.765. The van der Waals surface area contributed by atoms with Crippen molar-refractivity contribution in [3.05, 3.63) is 11.6 Å². The van der Waals surface area contributed by atoms with E-state index in [4.69, 9.17) is 9.47 Å². The van der Waals surface area contributed by atoms with Crippen LogP contribution in [0.25, 0.3) is 0 Å². The summed E-state index contributed by atoms with van der Waals surface area (Å²) in [6.45, 7) is 6.08. The van der Waals surface area contributed by atoms with E-state index in [0.717, 1.165) is 25.7 Å². The van der Waals surface area contributed by atoms with E-state index in [1.807, 2.05) is 0 Å². The SMILES string of the molecule is CC(=O)NC[C@@H]1C(=O)O[C@H]2[C@H]1CC/C(C)=C/CC[C@@]1(C)O[C@@H]21. The maximum absolute atomic E-state index is 12.3. The zero-order valence-electron chi connectivity index (χ0n) is 13.6. The lowest BCUT2D eigenvalue weighted by Gasteiger charge is -2.22. The molecule has 122 valence electrons. The van der Waals surface area contributed by atoms with Gasteiger partial charge in [-0.3, -0.25) is 9.59 Å². The van der Waals surface area contributed by atoms with Crippen LogP contribution in [0.5, 0.6) is 0 Å². The normalized spacial score (nSPS) is 43.2. The van der Waals surface area contributed by atoms with E-state index in [0.29, 0.717) is 6.54 Å². The highest BCUT2D eigenvalue weighted by molar-refractivity contribution is 5.78. The fourth-order valence-electron chi connectivity index (χ4n) is 3.83. The predicted octanol–water partition coefficient (Wildman–Crippen LogP) is 1.96. The maximum Gasteiger partial charge on any atom is 0.311 e. The van der Waals surface area contributed by atoms with Crippen LogP contribution in [-0.2, 0) is 19.1 Å². The van der Waals surface area contributed by atoms with Crippen molar-refractivity contribution in [2.45, 2.75) is 64.3 Å². The summed E-state index contributed by atoms with van der Waals surface area (Å²) < 4.78 is 11.6. The van der Waals surface area contributed by atoms with Crippen molar-refractivity contribution in [3.63, 3.8) is 0 Å². The number of nitrogens with one attached hydrogen (secondary N) is 1. The lowest BCUT2D eigenvalue weighted by molar-refractivity contribution is -0.144. The van der Waals surface area contributed by atoms with Gasteiger partial charge in [0.1, 0.15) is 12.2 Å². The molecule has 2 saturated heterocycles. The minimum absolute atomic E-state index is 0.00980. The molecular formula is C17H25NO4. The number of carbonyl (C=O) groups excluding carboxylic acids is 2. The largest absolute Gasteiger partial charge is 0.459 e. The predicted molar refractivity (Wildman–Crippen MR) is 81.0 cm³/mol. The van der Waals surface area contributed by atoms with Gasteiger partial charge in [-0.15, -0.1) is 0 Å². The summed E-state index contributed by atoms with van der Waals surface area (Å²) in [7, 11) is 0. The highest BCUT2D eigenvalue weighted by Gasteiger charge is 2.62. The Morgan fingerprint density at radius 2 is 2.27 bits per heavy atom. The van der Waals surface area contributed by atoms with Crippen molar-refractivity contribution in [2.75, 3.05) is 6.54 Å². The van der Waals surface area contributed by atoms with E-state index in [9.17, 15) is 9.59 Å². The number of fused-ring (bicyclic) bond motifs is 3. The van der Waals surface area contributed by atoms with E-state index < -0.39 is 0 Å². The third kappa shape index (κ3) is 2.91. The monoisotopic (exact) mass is 307 g/mol. The molecule has 0 aromatic heterocycles. The molecule has 0 aromatic rings. The Kier molecular flexibility index (Phi) is 4.02. The molecule has 5 heteroatoms. The zero-order valence-corrected chi connectivity index (χ0v) is 13.6. The van der Waals surface area contributed by atoms with Crippen LogP contribution < -0.4 is 5.32 Å². The number of allylic oxidation sites excluding steroid dienone is 2. The first-order valence-corrected chi connectivity index (χ1v) is 8.19. The van der Waals surface area contributed by atoms with E-state index in [2.05, 4.69) is 25.2 Å². The second-order valence-electron chi connectivity index (χ2n) is 7.09. The van der Waals surface area contributed by atoms with Gasteiger partial charge in [0.15, 0.2) is 0 Å². The first-order chi connectivity index (χ1) is 10.4. The van der Waals surface area contributed by atoms with Crippen LogP contribution in [0.15, 0.2) is 11.6 Å². The van der Waals surface area contributed by atoms with Crippen molar-refractivity contribution < 1.29 is 19.1 Å². The number of epoxide rings is 1. The molecule has 5 nitrogen and oxygen atoms in total. The van der Waals surface area contributed by atoms with Gasteiger partial charge in [0.25, 0.3) is 0 Å². The smallest absolute Gasteiger partial charge is 0.311 e. The van der Waals surface area contributed by atoms with Crippen molar-refractivity contribution in [1.29, 1.82) is 0 Å². The van der Waals surface area contributed by atoms with Gasteiger partial charge in [0, 0.05) is 19.4 Å². The van der Waals surface area contributed by atoms with Gasteiger partial charge in [0.2, 0.25) is 5.91 Å². The Labute approximate surface area is 131 Å². The average Bonchev–Trinajstić information content (AvgIpc) is 3.00. The van der Waals surface area contributed by atoms with Gasteiger partial charge in [-0.25, -0.2) is 0 Å². The molecule has 3 rings (SSSR count). The lowest BCUT2D eigenvalue weighted by Crippen LogP contribution is -2.35. The molecule has 2 heterocycles. The summed E-state index contributed by atoms with van der Waals surface area (Å²) in [6.07, 6.45) is 5.98. The molecule has 0 unspecified atom stereocenters. The topological polar surface area (TPSA) is 67.9 Å². The third-order valence-electron chi connectivity index (χ3n) is 5.31. The molecule has 0 bridgehead atoms. The van der Waals surface area contributed by atoms with E-state index in [1.54, 1.807) is 0 Å². The van der Waals surface area contributed by atoms with E-state index in [-0.39, 0.29) is 41.5 Å². The van der Waals surface area contributed by atoms with Crippen LogP contribution in [0.4, 0.5) is 0 Å². The third-order valence-corrected chi connectivity index (χ3v) is 5.31. The van der Waals surface area contributed by atoms with Crippen molar-refractivity contribution in [2.24, 2.45) is 11.8 Å². The molecule has 3 aliphatic rings. The first kappa shape index (κ1) is 15.5. The van der Waals surface area contributed by atoms with E-state index >= 15 is 0 Å². The fourth-order valence-corrected chi connectivity index (χ4v) is 3.83. The lowest BCUT2D eigenvalue weighted by atomic mass is 9.80. The highest BCUT2D eigenvalue weighted by atomic mass is 16.6. The average molecular weight is 307 g/mol. The van der Waals surface area contributed by atoms with Crippen LogP contribution >= 0.6 is 0 Å². The molecule has 0 aromatic carbocycles. The van der Waals surface area contributed by atoms with Gasteiger partial charge >= 0.3 is 5.97 Å². The minimum Gasteiger partial charge on any atom is -0.459 e. The number of carbonyl (C=O) groups is 2. The van der Waals surface area contributed by atoms with Crippen LogP contribution in [0, 0.1) is 11.8 Å². The Bertz CT molecular complexity index is 515. The second-order valence-corrected chi connectivity index (χ2v) is 7.09. The summed E-state index contributed by atoms with van der Waals surface area (Å²) in [5.41, 5.74) is 1.19. The molecule has 1 amide bonds. The van der Waals surface area contributed by atoms with Gasteiger partial charge in [-0.2, -0.15) is 0 Å². The quantitative estimate of drug-likeness (QED) is 0.481. The number of ether oxygens (including phenoxy) is 2. The van der Waals surface area contributed by atoms with Crippen molar-refractivity contribution in [3.8, 4) is 0 Å². The van der Waals surface area contributed by atoms with Crippen molar-refractivity contribution >= 4 is 11.9 Å². The number of rotatable bonds is 2. The molecule has 1 aliphatic carbocycles. The molecule has 0 saturated carbocycles. The van der Waals surface area contributed by atoms with Gasteiger partial charge < -0.3 is 14.8 Å². The van der Waals surface area contributed by atoms with Crippen LogP contribution in [0.3, 0.4) is 0 Å². The first-order valence-electron chi connectivity index (χ1n) is 8.19. The van der Waals surface area contributed by atoms with Crippen LogP contribution in [0.2, 0.25) is 0 Å². The number of hydrogen-bond acceptors (Lipinski definition) is 4. The second kappa shape index (κ2) is 5.69. The van der Waals surface area contributed by atoms with Crippen LogP contribution in [0.1, 0.15) is 46.5 Å². The molecule has 5 atom stereocenters. The van der Waals surface area contributed by atoms with E-state index in [1.165, 1.54) is 12.5 Å². The molecule has 1 N–H and O–H groups in total. The van der Waals surface area contributed by atoms with Gasteiger partial charge in [-0.1, -0.05) is 11.6 Å². The molecule has 0 spiro atoms. The number of amides is 1. The summed E-state index contributed by atoms with van der Waals surface area (Å²) in [4.78, 5) is 23.4. The Morgan fingerprint density at radius 3 is 3.00 bits per heavy atom. The highest BCUT2D eigenvalue weighted by Crippen LogP contribution is 2.50. The molecule has 22 heavy (non-hydrogen) atoms. The van der Waals surface area contributed by atoms with Crippen molar-refractivity contribution in [1.82, 2.24) is 5.32 Å². The zero-order chi connectivity index (χ0) is 15.9. The molecule has 2 aliphatic heterocycles. The Morgan fingerprint density at radius 1 is 1.50 bits per heavy atom. The Balaban J connectivity index is 1.79. The molecule has 0 radical (unpaired) electrons. The number of esters is 1. The summed E-state index contributed by atoms with van der Waals surface area (Å²) >= 11 is 0. The maximum atomic E-state index is 12.3. The summed E-state index contributed by atoms with van der Waals surface area (Å²) in [5, 5.41) is 2.77.